The van der Waals surface area contributed by atoms with Gasteiger partial charge >= 0.3 is 39.4 Å². The van der Waals surface area contributed by atoms with Crippen LogP contribution in [0.3, 0.4) is 0 Å². The van der Waals surface area contributed by atoms with Crippen molar-refractivity contribution >= 4 is 48.9 Å². The average Bonchev–Trinajstić information content (AvgIpc) is 4.03. The first kappa shape index (κ1) is 47.9. The molecular weight excluding hydrogens is 987 g/mol. The molecule has 4 aromatic rings. The van der Waals surface area contributed by atoms with Gasteiger partial charge in [-0.05, 0) is 100 Å². The van der Waals surface area contributed by atoms with Crippen molar-refractivity contribution in [2.45, 2.75) is 52.6 Å². The van der Waals surface area contributed by atoms with Gasteiger partial charge in [-0.15, -0.1) is 0 Å². The Kier molecular flexibility index (Phi) is 20.1. The molecule has 4 aromatic carbocycles. The van der Waals surface area contributed by atoms with E-state index in [0.717, 1.165) is 36.5 Å². The molecule has 9 heteroatoms. The normalized spacial score (nSPS) is 19.9. The molecule has 2 fully saturated rings. The van der Waals surface area contributed by atoms with Crippen molar-refractivity contribution in [1.82, 2.24) is 0 Å². The molecule has 0 aromatic heterocycles. The summed E-state index contributed by atoms with van der Waals surface area (Å²) in [7, 11) is -1.28. The molecule has 4 aliphatic rings. The summed E-state index contributed by atoms with van der Waals surface area (Å²) in [6, 6.07) is 43.7. The summed E-state index contributed by atoms with van der Waals surface area (Å²) in [6.45, 7) is 10.4. The maximum atomic E-state index is 6.03. The number of nitrogens with zero attached hydrogens (tertiary/aromatic N) is 2. The molecular formula is C48H50AuClFeN2O2P2+4. The Bertz CT molecular complexity index is 1590. The first-order valence-electron chi connectivity index (χ1n) is 19.2. The Morgan fingerprint density at radius 1 is 0.509 bits per heavy atom. The zero-order chi connectivity index (χ0) is 37.3. The number of halogens is 1. The van der Waals surface area contributed by atoms with Crippen LogP contribution in [0.5, 0.6) is 0 Å². The van der Waals surface area contributed by atoms with E-state index in [2.05, 4.69) is 188 Å². The summed E-state index contributed by atoms with van der Waals surface area (Å²) in [5.74, 6) is 5.21. The van der Waals surface area contributed by atoms with Gasteiger partial charge in [-0.2, -0.15) is 0 Å². The van der Waals surface area contributed by atoms with Gasteiger partial charge in [0.25, 0.3) is 0 Å². The largest absolute Gasteiger partial charge is 3.00 e. The van der Waals surface area contributed by atoms with E-state index in [-0.39, 0.29) is 63.9 Å². The van der Waals surface area contributed by atoms with Gasteiger partial charge in [-0.1, -0.05) is 149 Å². The van der Waals surface area contributed by atoms with Gasteiger partial charge in [0.05, 0.1) is 23.9 Å². The van der Waals surface area contributed by atoms with Crippen LogP contribution >= 0.6 is 15.8 Å². The quantitative estimate of drug-likeness (QED) is 0.122. The fourth-order valence-corrected chi connectivity index (χ4v) is 12.1. The molecule has 4 nitrogen and oxygen atoms in total. The predicted octanol–water partition coefficient (Wildman–Crippen LogP) is 6.39. The number of benzene rings is 4. The van der Waals surface area contributed by atoms with E-state index in [9.17, 15) is 0 Å². The van der Waals surface area contributed by atoms with Crippen molar-refractivity contribution in [2.24, 2.45) is 21.8 Å². The fraction of sp³-hybridized carbons (Fsp3) is 0.250. The zero-order valence-electron chi connectivity index (χ0n) is 32.8. The third-order valence-electron chi connectivity index (χ3n) is 9.50. The SMILES string of the molecule is CC(C)CC1COC([C]2[CH][CH][CH][C]2P(c2ccccc2)c2ccccc2)=N1.CC(C)CC1COC([C]2[CH][CH][CH][C]2P(c2ccccc2)c2ccccc2)=N1.[Au+3].[Cl-].[Fe+2]. The Morgan fingerprint density at radius 3 is 1.09 bits per heavy atom. The summed E-state index contributed by atoms with van der Waals surface area (Å²) in [5.41, 5.74) is 2.65. The van der Waals surface area contributed by atoms with Gasteiger partial charge in [0.1, 0.15) is 13.2 Å². The molecule has 2 aliphatic heterocycles. The summed E-state index contributed by atoms with van der Waals surface area (Å²) < 4.78 is 12.1. The van der Waals surface area contributed by atoms with Gasteiger partial charge in [0, 0.05) is 11.3 Å². The van der Waals surface area contributed by atoms with Gasteiger partial charge in [0.2, 0.25) is 0 Å². The Morgan fingerprint density at radius 2 is 0.807 bits per heavy atom. The Labute approximate surface area is 378 Å². The van der Waals surface area contributed by atoms with E-state index in [1.54, 1.807) is 0 Å². The minimum atomic E-state index is -0.638. The van der Waals surface area contributed by atoms with Crippen molar-refractivity contribution in [3.05, 3.63) is 183 Å². The van der Waals surface area contributed by atoms with E-state index in [1.807, 2.05) is 0 Å². The molecule has 0 spiro atoms. The molecule has 0 N–H and O–H groups in total. The Balaban J connectivity index is 0.000000240. The topological polar surface area (TPSA) is 43.2 Å². The van der Waals surface area contributed by atoms with Crippen LogP contribution in [0.4, 0.5) is 0 Å². The number of rotatable bonds is 12. The van der Waals surface area contributed by atoms with Crippen LogP contribution < -0.4 is 33.6 Å². The number of aliphatic imine (C=N–C) groups is 2. The summed E-state index contributed by atoms with van der Waals surface area (Å²) in [6.07, 6.45) is 15.2. The van der Waals surface area contributed by atoms with Crippen molar-refractivity contribution in [3.8, 4) is 0 Å². The third kappa shape index (κ3) is 12.6. The van der Waals surface area contributed by atoms with Gasteiger partial charge < -0.3 is 21.9 Å². The van der Waals surface area contributed by atoms with E-state index in [1.165, 1.54) is 32.5 Å². The van der Waals surface area contributed by atoms with Crippen LogP contribution in [-0.4, -0.2) is 37.1 Å². The average molecular weight is 1040 g/mol. The third-order valence-corrected chi connectivity index (χ3v) is 14.5. The van der Waals surface area contributed by atoms with Crippen LogP contribution in [0.1, 0.15) is 40.5 Å². The van der Waals surface area contributed by atoms with Gasteiger partial charge in [-0.25, -0.2) is 9.98 Å². The van der Waals surface area contributed by atoms with Crippen molar-refractivity contribution in [1.29, 1.82) is 0 Å². The zero-order valence-corrected chi connectivity index (χ0v) is 38.6. The summed E-state index contributed by atoms with van der Waals surface area (Å²) in [5, 5.41) is 5.40. The van der Waals surface area contributed by atoms with Crippen LogP contribution in [0.2, 0.25) is 0 Å². The van der Waals surface area contributed by atoms with Crippen LogP contribution in [0.25, 0.3) is 0 Å². The van der Waals surface area contributed by atoms with Crippen molar-refractivity contribution < 1.29 is 61.3 Å². The Hall–Kier alpha value is -1.77. The second kappa shape index (κ2) is 23.9. The van der Waals surface area contributed by atoms with E-state index in [0.29, 0.717) is 25.0 Å². The van der Waals surface area contributed by atoms with Crippen LogP contribution in [0, 0.1) is 73.5 Å². The van der Waals surface area contributed by atoms with Gasteiger partial charge in [-0.3, -0.25) is 0 Å². The van der Waals surface area contributed by atoms with E-state index < -0.39 is 15.8 Å². The van der Waals surface area contributed by atoms with E-state index >= 15 is 0 Å². The summed E-state index contributed by atoms with van der Waals surface area (Å²) in [4.78, 5) is 9.81. The molecule has 296 valence electrons. The second-order valence-electron chi connectivity index (χ2n) is 14.7. The molecule has 2 aliphatic carbocycles. The van der Waals surface area contributed by atoms with Gasteiger partial charge in [0.15, 0.2) is 11.8 Å². The monoisotopic (exact) mass is 1040 g/mol. The predicted molar refractivity (Wildman–Crippen MR) is 230 cm³/mol. The smallest absolute Gasteiger partial charge is 1.00 e. The maximum Gasteiger partial charge on any atom is 3.00 e. The molecule has 8 rings (SSSR count). The standard InChI is InChI=1S/2C24H25NOP.Au.ClH.Fe/c2*1-18(2)16-19-17-26-24(25-19)22-14-9-15-23(22)27(20-10-5-3-6-11-20)21-12-7-4-8-13-21;;;/h2*3-15,18-19H,16-17H2,1-2H3;;1H;/q;;+3;;+2/p-1. The maximum absolute atomic E-state index is 6.03. The molecule has 0 saturated heterocycles. The number of hydrogen-bond acceptors (Lipinski definition) is 4. The molecule has 2 heterocycles. The molecule has 2 saturated carbocycles. The first-order chi connectivity index (χ1) is 26.4. The fourth-order valence-electron chi connectivity index (χ4n) is 7.19. The van der Waals surface area contributed by atoms with Crippen molar-refractivity contribution in [2.75, 3.05) is 13.2 Å². The number of hydrogen-bond donors (Lipinski definition) is 0. The molecule has 2 unspecified atom stereocenters. The van der Waals surface area contributed by atoms with Crippen molar-refractivity contribution in [3.63, 3.8) is 0 Å². The molecule has 2 atom stereocenters. The van der Waals surface area contributed by atoms with E-state index in [4.69, 9.17) is 19.5 Å². The van der Waals surface area contributed by atoms with Crippen LogP contribution in [0.15, 0.2) is 131 Å². The second-order valence-corrected chi connectivity index (χ2v) is 19.1. The first-order valence-corrected chi connectivity index (χ1v) is 21.9. The molecule has 57 heavy (non-hydrogen) atoms. The minimum absolute atomic E-state index is 0. The molecule has 0 bridgehead atoms. The minimum Gasteiger partial charge on any atom is -1.00 e. The molecule has 10 radical (unpaired) electrons. The molecule has 0 amide bonds. The van der Waals surface area contributed by atoms with Crippen LogP contribution in [-0.2, 0) is 48.9 Å². The number of ether oxygens (including phenoxy) is 2. The summed E-state index contributed by atoms with van der Waals surface area (Å²) >= 11 is 0.